The Morgan fingerprint density at radius 3 is 2.69 bits per heavy atom. The van der Waals surface area contributed by atoms with E-state index in [2.05, 4.69) is 32.0 Å². The van der Waals surface area contributed by atoms with E-state index < -0.39 is 0 Å². The van der Waals surface area contributed by atoms with Gasteiger partial charge in [0.25, 0.3) is 0 Å². The maximum atomic E-state index is 5.91. The minimum Gasteiger partial charge on any atom is -0.391 e. The molecule has 3 aliphatic carbocycles. The van der Waals surface area contributed by atoms with Gasteiger partial charge in [0, 0.05) is 5.02 Å². The largest absolute Gasteiger partial charge is 0.391 e. The second-order valence-electron chi connectivity index (χ2n) is 9.35. The van der Waals surface area contributed by atoms with Crippen LogP contribution in [0.2, 0.25) is 5.02 Å². The van der Waals surface area contributed by atoms with Crippen molar-refractivity contribution in [2.45, 2.75) is 59.5 Å². The zero-order valence-corrected chi connectivity index (χ0v) is 16.9. The second-order valence-corrected chi connectivity index (χ2v) is 9.79. The molecule has 3 heteroatoms. The molecule has 2 nitrogen and oxygen atoms in total. The maximum Gasteiger partial charge on any atom is 0.142 e. The van der Waals surface area contributed by atoms with Gasteiger partial charge in [-0.25, -0.2) is 0 Å². The Labute approximate surface area is 162 Å². The molecular weight excluding hydrogens is 342 g/mol. The molecule has 4 atom stereocenters. The van der Waals surface area contributed by atoms with E-state index in [4.69, 9.17) is 16.4 Å². The van der Waals surface area contributed by atoms with Crippen LogP contribution in [-0.4, -0.2) is 6.21 Å². The van der Waals surface area contributed by atoms with Crippen molar-refractivity contribution < 1.29 is 4.84 Å². The molecule has 0 heterocycles. The summed E-state index contributed by atoms with van der Waals surface area (Å²) in [7, 11) is 0. The summed E-state index contributed by atoms with van der Waals surface area (Å²) in [5.74, 6) is 2.47. The number of oxime groups is 1. The lowest BCUT2D eigenvalue weighted by Gasteiger charge is -2.36. The highest BCUT2D eigenvalue weighted by atomic mass is 35.5. The van der Waals surface area contributed by atoms with Crippen LogP contribution in [0.15, 0.2) is 41.1 Å². The van der Waals surface area contributed by atoms with E-state index in [0.29, 0.717) is 17.4 Å². The van der Waals surface area contributed by atoms with E-state index in [0.717, 1.165) is 28.3 Å². The fraction of sp³-hybridized carbons (Fsp3) is 0.609. The van der Waals surface area contributed by atoms with Crippen LogP contribution in [-0.2, 0) is 11.4 Å². The summed E-state index contributed by atoms with van der Waals surface area (Å²) in [6, 6.07) is 7.71. The lowest BCUT2D eigenvalue weighted by atomic mass is 9.68. The predicted octanol–water partition coefficient (Wildman–Crippen LogP) is 6.64. The standard InChI is InChI=1S/C23H30ClNO/c1-22(2)12-4-13-23(3)19(18-9-10-20(23)21(18)22)11-14-25-26-15-16-5-7-17(24)8-6-16/h5-8,11,14,18,20-21H,4,9-10,12-13,15H2,1-3H3/b19-11?,25-14+/t18-,20-,21-,23-/m1/s1. The van der Waals surface area contributed by atoms with Gasteiger partial charge in [-0.05, 0) is 78.0 Å². The Balaban J connectivity index is 1.46. The number of allylic oxidation sites excluding steroid dienone is 2. The summed E-state index contributed by atoms with van der Waals surface area (Å²) in [6.45, 7) is 8.00. The van der Waals surface area contributed by atoms with E-state index in [1.165, 1.54) is 32.1 Å². The summed E-state index contributed by atoms with van der Waals surface area (Å²) in [5, 5.41) is 4.95. The van der Waals surface area contributed by atoms with Gasteiger partial charge in [-0.15, -0.1) is 0 Å². The fourth-order valence-electron chi connectivity index (χ4n) is 6.36. The summed E-state index contributed by atoms with van der Waals surface area (Å²) in [4.78, 5) is 5.49. The quantitative estimate of drug-likeness (QED) is 0.429. The molecule has 4 rings (SSSR count). The van der Waals surface area contributed by atoms with Crippen LogP contribution < -0.4 is 0 Å². The van der Waals surface area contributed by atoms with E-state index in [9.17, 15) is 0 Å². The van der Waals surface area contributed by atoms with Gasteiger partial charge in [0.1, 0.15) is 6.61 Å². The first-order valence-electron chi connectivity index (χ1n) is 10.0. The lowest BCUT2D eigenvalue weighted by molar-refractivity contribution is 0.132. The molecule has 0 saturated heterocycles. The molecule has 0 radical (unpaired) electrons. The Kier molecular flexibility index (Phi) is 4.67. The van der Waals surface area contributed by atoms with Gasteiger partial charge in [0.05, 0.1) is 6.21 Å². The molecule has 0 aliphatic heterocycles. The van der Waals surface area contributed by atoms with Gasteiger partial charge in [0.15, 0.2) is 0 Å². The molecule has 1 aromatic carbocycles. The van der Waals surface area contributed by atoms with Crippen molar-refractivity contribution in [1.82, 2.24) is 0 Å². The molecule has 0 amide bonds. The molecule has 1 aromatic rings. The van der Waals surface area contributed by atoms with Crippen molar-refractivity contribution in [1.29, 1.82) is 0 Å². The third-order valence-electron chi connectivity index (χ3n) is 7.49. The minimum absolute atomic E-state index is 0.379. The van der Waals surface area contributed by atoms with Crippen molar-refractivity contribution >= 4 is 17.8 Å². The van der Waals surface area contributed by atoms with Crippen LogP contribution in [0, 0.1) is 28.6 Å². The third kappa shape index (κ3) is 3.01. The molecule has 4 bridgehead atoms. The second kappa shape index (κ2) is 6.71. The molecule has 3 saturated carbocycles. The van der Waals surface area contributed by atoms with E-state index >= 15 is 0 Å². The Bertz CT molecular complexity index is 720. The van der Waals surface area contributed by atoms with Gasteiger partial charge < -0.3 is 4.84 Å². The lowest BCUT2D eigenvalue weighted by Crippen LogP contribution is -2.28. The van der Waals surface area contributed by atoms with Crippen LogP contribution in [0.4, 0.5) is 0 Å². The summed E-state index contributed by atoms with van der Waals surface area (Å²) >= 11 is 5.91. The molecule has 0 N–H and O–H groups in total. The number of rotatable bonds is 4. The van der Waals surface area contributed by atoms with Gasteiger partial charge in [0.2, 0.25) is 0 Å². The van der Waals surface area contributed by atoms with Gasteiger partial charge >= 0.3 is 0 Å². The first kappa shape index (κ1) is 18.1. The number of nitrogens with zero attached hydrogens (tertiary/aromatic N) is 1. The van der Waals surface area contributed by atoms with Gasteiger partial charge in [-0.3, -0.25) is 0 Å². The van der Waals surface area contributed by atoms with Crippen molar-refractivity contribution in [3.8, 4) is 0 Å². The van der Waals surface area contributed by atoms with Crippen LogP contribution >= 0.6 is 11.6 Å². The zero-order chi connectivity index (χ0) is 18.4. The third-order valence-corrected chi connectivity index (χ3v) is 7.74. The zero-order valence-electron chi connectivity index (χ0n) is 16.2. The van der Waals surface area contributed by atoms with Crippen LogP contribution in [0.25, 0.3) is 0 Å². The molecule has 3 fully saturated rings. The highest BCUT2D eigenvalue weighted by molar-refractivity contribution is 6.30. The molecule has 3 aliphatic rings. The fourth-order valence-corrected chi connectivity index (χ4v) is 6.48. The van der Waals surface area contributed by atoms with E-state index in [1.54, 1.807) is 5.57 Å². The SMILES string of the molecule is CC1(C)CCC[C@]2(C)C(=C/C=N/OCc3ccc(Cl)cc3)[C@H]3CC[C@@H]2[C@@H]31. The highest BCUT2D eigenvalue weighted by Gasteiger charge is 2.62. The van der Waals surface area contributed by atoms with Crippen molar-refractivity contribution in [2.24, 2.45) is 33.7 Å². The average Bonchev–Trinajstić information content (AvgIpc) is 3.10. The van der Waals surface area contributed by atoms with Gasteiger partial charge in [-0.2, -0.15) is 0 Å². The summed E-state index contributed by atoms with van der Waals surface area (Å²) < 4.78 is 0. The number of hydrogen-bond donors (Lipinski definition) is 0. The minimum atomic E-state index is 0.379. The highest BCUT2D eigenvalue weighted by Crippen LogP contribution is 2.70. The average molecular weight is 372 g/mol. The van der Waals surface area contributed by atoms with Crippen molar-refractivity contribution in [3.63, 3.8) is 0 Å². The van der Waals surface area contributed by atoms with Crippen LogP contribution in [0.3, 0.4) is 0 Å². The van der Waals surface area contributed by atoms with Crippen molar-refractivity contribution in [3.05, 3.63) is 46.5 Å². The Morgan fingerprint density at radius 1 is 1.15 bits per heavy atom. The molecule has 140 valence electrons. The Hall–Kier alpha value is -1.28. The number of halogens is 1. The first-order chi connectivity index (χ1) is 12.4. The molecular formula is C23H30ClNO. The smallest absolute Gasteiger partial charge is 0.142 e. The summed E-state index contributed by atoms with van der Waals surface area (Å²) in [6.07, 6.45) is 11.0. The summed E-state index contributed by atoms with van der Waals surface area (Å²) in [5.41, 5.74) is 3.58. The number of hydrogen-bond acceptors (Lipinski definition) is 2. The van der Waals surface area contributed by atoms with Crippen LogP contribution in [0.5, 0.6) is 0 Å². The molecule has 0 aromatic heterocycles. The topological polar surface area (TPSA) is 21.6 Å². The Morgan fingerprint density at radius 2 is 1.92 bits per heavy atom. The molecule has 0 unspecified atom stereocenters. The van der Waals surface area contributed by atoms with Gasteiger partial charge in [-0.1, -0.05) is 61.7 Å². The monoisotopic (exact) mass is 371 g/mol. The molecule has 0 spiro atoms. The first-order valence-corrected chi connectivity index (χ1v) is 10.4. The van der Waals surface area contributed by atoms with E-state index in [1.807, 2.05) is 30.5 Å². The van der Waals surface area contributed by atoms with Crippen LogP contribution in [0.1, 0.15) is 58.4 Å². The molecule has 26 heavy (non-hydrogen) atoms. The maximum absolute atomic E-state index is 5.91. The normalized spacial score (nSPS) is 36.6. The van der Waals surface area contributed by atoms with E-state index in [-0.39, 0.29) is 0 Å². The number of benzene rings is 1. The van der Waals surface area contributed by atoms with Crippen molar-refractivity contribution in [2.75, 3.05) is 0 Å². The predicted molar refractivity (Wildman–Crippen MR) is 108 cm³/mol.